The molecule has 1 aromatic rings. The number of ether oxygens (including phenoxy) is 1. The van der Waals surface area contributed by atoms with E-state index in [0.29, 0.717) is 18.1 Å². The molecule has 0 aliphatic heterocycles. The normalized spacial score (nSPS) is 23.6. The Morgan fingerprint density at radius 3 is 2.57 bits per heavy atom. The van der Waals surface area contributed by atoms with Crippen molar-refractivity contribution < 1.29 is 4.74 Å². The van der Waals surface area contributed by atoms with Gasteiger partial charge in [0.1, 0.15) is 0 Å². The Hall–Kier alpha value is -1.02. The van der Waals surface area contributed by atoms with Crippen LogP contribution in [0.25, 0.3) is 0 Å². The van der Waals surface area contributed by atoms with Gasteiger partial charge in [0.2, 0.25) is 0 Å². The lowest BCUT2D eigenvalue weighted by Gasteiger charge is -2.29. The van der Waals surface area contributed by atoms with Gasteiger partial charge in [0.05, 0.1) is 6.61 Å². The molecule has 0 bridgehead atoms. The van der Waals surface area contributed by atoms with Gasteiger partial charge in [-0.25, -0.2) is 0 Å². The van der Waals surface area contributed by atoms with E-state index in [1.54, 1.807) is 7.11 Å². The Bertz CT molecular complexity index is 435. The minimum Gasteiger partial charge on any atom is -0.382 e. The van der Waals surface area contributed by atoms with E-state index in [9.17, 15) is 0 Å². The van der Waals surface area contributed by atoms with Gasteiger partial charge in [-0.2, -0.15) is 0 Å². The molecule has 1 fully saturated rings. The van der Waals surface area contributed by atoms with Gasteiger partial charge in [-0.1, -0.05) is 45.4 Å². The van der Waals surface area contributed by atoms with Crippen molar-refractivity contribution in [3.05, 3.63) is 29.8 Å². The van der Waals surface area contributed by atoms with E-state index in [1.165, 1.54) is 43.4 Å². The van der Waals surface area contributed by atoms with E-state index >= 15 is 0 Å². The second-order valence-electron chi connectivity index (χ2n) is 7.50. The van der Waals surface area contributed by atoms with Crippen molar-refractivity contribution in [2.75, 3.05) is 12.4 Å². The van der Waals surface area contributed by atoms with Crippen molar-refractivity contribution in [2.45, 2.75) is 65.5 Å². The molecule has 0 saturated heterocycles. The van der Waals surface area contributed by atoms with E-state index in [-0.39, 0.29) is 0 Å². The number of benzene rings is 1. The van der Waals surface area contributed by atoms with Crippen molar-refractivity contribution in [2.24, 2.45) is 11.3 Å². The van der Waals surface area contributed by atoms with Crippen molar-refractivity contribution in [3.63, 3.8) is 0 Å². The van der Waals surface area contributed by atoms with Crippen LogP contribution < -0.4 is 5.32 Å². The lowest BCUT2D eigenvalue weighted by Crippen LogP contribution is -2.22. The molecule has 0 radical (unpaired) electrons. The standard InChI is InChI=1S/C19H31NO/c1-19(2,3)16-9-7-10-17(13-12-16)20-18-11-6-5-8-15(18)14-21-4/h5-6,8,11,16-17,20H,7,9-10,12-14H2,1-4H3. The average Bonchev–Trinajstić information content (AvgIpc) is 2.66. The highest BCUT2D eigenvalue weighted by Gasteiger charge is 2.27. The van der Waals surface area contributed by atoms with E-state index in [4.69, 9.17) is 4.74 Å². The number of anilines is 1. The molecule has 2 rings (SSSR count). The average molecular weight is 289 g/mol. The molecule has 21 heavy (non-hydrogen) atoms. The van der Waals surface area contributed by atoms with Gasteiger partial charge >= 0.3 is 0 Å². The second-order valence-corrected chi connectivity index (χ2v) is 7.50. The van der Waals surface area contributed by atoms with E-state index in [2.05, 4.69) is 50.4 Å². The first-order valence-corrected chi connectivity index (χ1v) is 8.34. The summed E-state index contributed by atoms with van der Waals surface area (Å²) in [7, 11) is 1.76. The lowest BCUT2D eigenvalue weighted by atomic mass is 9.76. The smallest absolute Gasteiger partial charge is 0.0733 e. The van der Waals surface area contributed by atoms with Gasteiger partial charge in [-0.3, -0.25) is 0 Å². The maximum atomic E-state index is 5.30. The summed E-state index contributed by atoms with van der Waals surface area (Å²) in [5.74, 6) is 0.860. The van der Waals surface area contributed by atoms with E-state index < -0.39 is 0 Å². The summed E-state index contributed by atoms with van der Waals surface area (Å²) < 4.78 is 5.30. The maximum Gasteiger partial charge on any atom is 0.0733 e. The fourth-order valence-electron chi connectivity index (χ4n) is 3.47. The number of rotatable bonds is 4. The first kappa shape index (κ1) is 16.4. The zero-order chi connectivity index (χ0) is 15.3. The van der Waals surface area contributed by atoms with Gasteiger partial charge in [0, 0.05) is 24.4 Å². The highest BCUT2D eigenvalue weighted by molar-refractivity contribution is 5.51. The number of methoxy groups -OCH3 is 1. The van der Waals surface area contributed by atoms with Gasteiger partial charge in [0.25, 0.3) is 0 Å². The monoisotopic (exact) mass is 289 g/mol. The third kappa shape index (κ3) is 4.74. The van der Waals surface area contributed by atoms with Crippen LogP contribution in [-0.2, 0) is 11.3 Å². The Labute approximate surface area is 130 Å². The molecule has 1 aliphatic carbocycles. The summed E-state index contributed by atoms with van der Waals surface area (Å²) in [6.07, 6.45) is 6.62. The molecule has 0 heterocycles. The van der Waals surface area contributed by atoms with Crippen molar-refractivity contribution in [3.8, 4) is 0 Å². The summed E-state index contributed by atoms with van der Waals surface area (Å²) in [4.78, 5) is 0. The molecular weight excluding hydrogens is 258 g/mol. The number of para-hydroxylation sites is 1. The Balaban J connectivity index is 1.98. The summed E-state index contributed by atoms with van der Waals surface area (Å²) >= 11 is 0. The van der Waals surface area contributed by atoms with Crippen LogP contribution >= 0.6 is 0 Å². The van der Waals surface area contributed by atoms with Crippen LogP contribution in [0.15, 0.2) is 24.3 Å². The van der Waals surface area contributed by atoms with Crippen LogP contribution in [0, 0.1) is 11.3 Å². The van der Waals surface area contributed by atoms with Crippen molar-refractivity contribution in [1.29, 1.82) is 0 Å². The topological polar surface area (TPSA) is 21.3 Å². The molecule has 1 N–H and O–H groups in total. The molecule has 1 aliphatic rings. The predicted octanol–water partition coefficient (Wildman–Crippen LogP) is 5.24. The molecular formula is C19H31NO. The third-order valence-electron chi connectivity index (χ3n) is 4.87. The summed E-state index contributed by atoms with van der Waals surface area (Å²) in [5.41, 5.74) is 2.96. The minimum absolute atomic E-state index is 0.447. The summed E-state index contributed by atoms with van der Waals surface area (Å²) in [6, 6.07) is 9.13. The van der Waals surface area contributed by atoms with Crippen LogP contribution in [0.4, 0.5) is 5.69 Å². The molecule has 0 aromatic heterocycles. The minimum atomic E-state index is 0.447. The van der Waals surface area contributed by atoms with Crippen LogP contribution in [0.5, 0.6) is 0 Å². The van der Waals surface area contributed by atoms with Crippen molar-refractivity contribution in [1.82, 2.24) is 0 Å². The third-order valence-corrected chi connectivity index (χ3v) is 4.87. The Kier molecular flexibility index (Phi) is 5.69. The molecule has 2 unspecified atom stereocenters. The Morgan fingerprint density at radius 1 is 1.10 bits per heavy atom. The molecule has 0 spiro atoms. The number of hydrogen-bond donors (Lipinski definition) is 1. The van der Waals surface area contributed by atoms with E-state index in [1.807, 2.05) is 0 Å². The first-order valence-electron chi connectivity index (χ1n) is 8.34. The Morgan fingerprint density at radius 2 is 1.86 bits per heavy atom. The highest BCUT2D eigenvalue weighted by atomic mass is 16.5. The molecule has 2 heteroatoms. The lowest BCUT2D eigenvalue weighted by molar-refractivity contribution is 0.185. The fourth-order valence-corrected chi connectivity index (χ4v) is 3.47. The maximum absolute atomic E-state index is 5.30. The van der Waals surface area contributed by atoms with Crippen LogP contribution in [0.1, 0.15) is 58.4 Å². The van der Waals surface area contributed by atoms with E-state index in [0.717, 1.165) is 5.92 Å². The molecule has 2 nitrogen and oxygen atoms in total. The zero-order valence-electron chi connectivity index (χ0n) is 14.1. The predicted molar refractivity (Wildman–Crippen MR) is 90.6 cm³/mol. The van der Waals surface area contributed by atoms with Crippen LogP contribution in [-0.4, -0.2) is 13.2 Å². The van der Waals surface area contributed by atoms with Crippen LogP contribution in [0.2, 0.25) is 0 Å². The number of hydrogen-bond acceptors (Lipinski definition) is 2. The van der Waals surface area contributed by atoms with Gasteiger partial charge in [0.15, 0.2) is 0 Å². The second kappa shape index (κ2) is 7.31. The molecule has 2 atom stereocenters. The molecule has 1 aromatic carbocycles. The highest BCUT2D eigenvalue weighted by Crippen LogP contribution is 2.37. The first-order chi connectivity index (χ1) is 10.0. The molecule has 118 valence electrons. The van der Waals surface area contributed by atoms with Gasteiger partial charge in [-0.05, 0) is 43.1 Å². The summed E-state index contributed by atoms with van der Waals surface area (Å²) in [5, 5.41) is 3.77. The molecule has 1 saturated carbocycles. The van der Waals surface area contributed by atoms with Gasteiger partial charge in [-0.15, -0.1) is 0 Å². The largest absolute Gasteiger partial charge is 0.382 e. The number of nitrogens with one attached hydrogen (secondary N) is 1. The quantitative estimate of drug-likeness (QED) is 0.765. The van der Waals surface area contributed by atoms with Crippen molar-refractivity contribution >= 4 is 5.69 Å². The SMILES string of the molecule is COCc1ccccc1NC1CCCC(C(C)(C)C)CC1. The molecule has 0 amide bonds. The fraction of sp³-hybridized carbons (Fsp3) is 0.684. The van der Waals surface area contributed by atoms with Crippen LogP contribution in [0.3, 0.4) is 0 Å². The summed E-state index contributed by atoms with van der Waals surface area (Å²) in [6.45, 7) is 7.85. The zero-order valence-corrected chi connectivity index (χ0v) is 14.1. The van der Waals surface area contributed by atoms with Gasteiger partial charge < -0.3 is 10.1 Å².